The van der Waals surface area contributed by atoms with Crippen LogP contribution in [0.15, 0.2) is 18.3 Å². The molecule has 2 saturated heterocycles. The van der Waals surface area contributed by atoms with Crippen LogP contribution >= 0.6 is 22.9 Å². The van der Waals surface area contributed by atoms with Crippen LogP contribution in [0.2, 0.25) is 0 Å². The Morgan fingerprint density at radius 1 is 1.31 bits per heavy atom. The van der Waals surface area contributed by atoms with Crippen LogP contribution < -0.4 is 5.32 Å². The van der Waals surface area contributed by atoms with E-state index in [0.717, 1.165) is 48.1 Å². The molecule has 2 unspecified atom stereocenters. The number of aldehydes is 1. The molecule has 2 aliphatic heterocycles. The van der Waals surface area contributed by atoms with Crippen molar-refractivity contribution in [1.29, 1.82) is 0 Å². The van der Waals surface area contributed by atoms with Crippen molar-refractivity contribution in [2.24, 2.45) is 5.92 Å². The summed E-state index contributed by atoms with van der Waals surface area (Å²) in [5.41, 5.74) is 1.75. The highest BCUT2D eigenvalue weighted by molar-refractivity contribution is 7.17. The standard InChI is InChI=1S/C25H29ClN4O4S/c1-13-16(9-27-14(2)28-13)21-7-8-22(35-21)25(33)29-18(11-31)15-5-3-4-6-19(15)30-10-17(26)24-23(30)20(32)12-34-24/h7-9,11,15,17-19,23-24H,3-6,10,12H2,1-2H3,(H,29,33)/t15?,17-,18?,19-,23+,24+/m0/s1. The van der Waals surface area contributed by atoms with Crippen LogP contribution in [0.25, 0.3) is 10.4 Å². The molecule has 10 heteroatoms. The van der Waals surface area contributed by atoms with Gasteiger partial charge in [-0.3, -0.25) is 14.5 Å². The number of fused-ring (bicyclic) bond motifs is 1. The number of hydrogen-bond acceptors (Lipinski definition) is 8. The summed E-state index contributed by atoms with van der Waals surface area (Å²) in [5, 5.41) is 2.72. The van der Waals surface area contributed by atoms with Crippen LogP contribution in [0.5, 0.6) is 0 Å². The van der Waals surface area contributed by atoms with Gasteiger partial charge in [-0.1, -0.05) is 12.8 Å². The van der Waals surface area contributed by atoms with Crippen molar-refractivity contribution in [3.8, 4) is 10.4 Å². The first-order chi connectivity index (χ1) is 16.9. The van der Waals surface area contributed by atoms with Gasteiger partial charge in [-0.05, 0) is 38.8 Å². The fourth-order valence-electron chi connectivity index (χ4n) is 5.84. The van der Waals surface area contributed by atoms with Crippen LogP contribution in [-0.4, -0.2) is 75.6 Å². The van der Waals surface area contributed by atoms with Gasteiger partial charge >= 0.3 is 0 Å². The largest absolute Gasteiger partial charge is 0.367 e. The minimum Gasteiger partial charge on any atom is -0.367 e. The number of ether oxygens (including phenoxy) is 1. The molecule has 1 amide bonds. The van der Waals surface area contributed by atoms with Crippen LogP contribution in [0.3, 0.4) is 0 Å². The minimum atomic E-state index is -0.645. The monoisotopic (exact) mass is 516 g/mol. The van der Waals surface area contributed by atoms with E-state index in [0.29, 0.717) is 17.2 Å². The average Bonchev–Trinajstić information content (AvgIpc) is 3.56. The zero-order chi connectivity index (χ0) is 24.7. The Balaban J connectivity index is 1.33. The Bertz CT molecular complexity index is 1140. The van der Waals surface area contributed by atoms with E-state index in [9.17, 15) is 14.4 Å². The van der Waals surface area contributed by atoms with Gasteiger partial charge in [-0.25, -0.2) is 9.97 Å². The summed E-state index contributed by atoms with van der Waals surface area (Å²) in [6.45, 7) is 4.40. The maximum absolute atomic E-state index is 13.2. The molecule has 6 atom stereocenters. The smallest absolute Gasteiger partial charge is 0.261 e. The molecule has 0 aromatic carbocycles. The van der Waals surface area contributed by atoms with E-state index in [4.69, 9.17) is 16.3 Å². The van der Waals surface area contributed by atoms with Crippen LogP contribution in [0, 0.1) is 19.8 Å². The summed E-state index contributed by atoms with van der Waals surface area (Å²) in [5.74, 6) is 0.388. The first kappa shape index (κ1) is 24.5. The molecular formula is C25H29ClN4O4S. The third-order valence-corrected chi connectivity index (χ3v) is 8.97. The van der Waals surface area contributed by atoms with Crippen molar-refractivity contribution in [2.75, 3.05) is 13.2 Å². The molecule has 35 heavy (non-hydrogen) atoms. The molecular weight excluding hydrogens is 488 g/mol. The topological polar surface area (TPSA) is 101 Å². The highest BCUT2D eigenvalue weighted by atomic mass is 35.5. The lowest BCUT2D eigenvalue weighted by molar-refractivity contribution is -0.122. The molecule has 0 radical (unpaired) electrons. The van der Waals surface area contributed by atoms with E-state index in [-0.39, 0.29) is 47.8 Å². The zero-order valence-corrected chi connectivity index (χ0v) is 21.3. The van der Waals surface area contributed by atoms with Crippen molar-refractivity contribution < 1.29 is 19.1 Å². The molecule has 5 rings (SSSR count). The Morgan fingerprint density at radius 2 is 2.11 bits per heavy atom. The van der Waals surface area contributed by atoms with Gasteiger partial charge in [0, 0.05) is 40.8 Å². The molecule has 8 nitrogen and oxygen atoms in total. The number of nitrogens with one attached hydrogen (secondary N) is 1. The van der Waals surface area contributed by atoms with Crippen molar-refractivity contribution in [1.82, 2.24) is 20.2 Å². The van der Waals surface area contributed by atoms with E-state index in [1.165, 1.54) is 11.3 Å². The molecule has 186 valence electrons. The lowest BCUT2D eigenvalue weighted by Gasteiger charge is -2.42. The minimum absolute atomic E-state index is 0.00703. The lowest BCUT2D eigenvalue weighted by Crippen LogP contribution is -2.55. The molecule has 3 fully saturated rings. The normalized spacial score (nSPS) is 29.7. The first-order valence-corrected chi connectivity index (χ1v) is 13.3. The summed E-state index contributed by atoms with van der Waals surface area (Å²) in [6.07, 6.45) is 5.98. The van der Waals surface area contributed by atoms with Crippen LogP contribution in [-0.2, 0) is 14.3 Å². The number of carbonyl (C=O) groups excluding carboxylic acids is 3. The zero-order valence-electron chi connectivity index (χ0n) is 19.8. The number of likely N-dealkylation sites (tertiary alicyclic amines) is 1. The number of nitrogens with zero attached hydrogens (tertiary/aromatic N) is 3. The molecule has 1 saturated carbocycles. The number of hydrogen-bond donors (Lipinski definition) is 1. The van der Waals surface area contributed by atoms with Gasteiger partial charge in [-0.15, -0.1) is 22.9 Å². The molecule has 2 aromatic rings. The van der Waals surface area contributed by atoms with Gasteiger partial charge in [0.05, 0.1) is 28.4 Å². The van der Waals surface area contributed by atoms with Crippen LogP contribution in [0.4, 0.5) is 0 Å². The predicted octanol–water partition coefficient (Wildman–Crippen LogP) is 2.94. The number of thiophene rings is 1. The number of aryl methyl sites for hydroxylation is 2. The quantitative estimate of drug-likeness (QED) is 0.465. The van der Waals surface area contributed by atoms with Crippen molar-refractivity contribution in [3.63, 3.8) is 0 Å². The van der Waals surface area contributed by atoms with Crippen molar-refractivity contribution >= 4 is 40.9 Å². The van der Waals surface area contributed by atoms with E-state index in [1.807, 2.05) is 19.9 Å². The molecule has 1 aliphatic carbocycles. The van der Waals surface area contributed by atoms with Gasteiger partial charge in [0.25, 0.3) is 5.91 Å². The van der Waals surface area contributed by atoms with Crippen molar-refractivity contribution in [3.05, 3.63) is 34.7 Å². The van der Waals surface area contributed by atoms with Gasteiger partial charge < -0.3 is 14.8 Å². The first-order valence-electron chi connectivity index (χ1n) is 12.1. The SMILES string of the molecule is Cc1ncc(-c2ccc(C(=O)NC(C=O)C3CCCC[C@@H]3N3C[C@H](Cl)[C@H]4OCC(=O)[C@H]43)s2)c(C)n1. The highest BCUT2D eigenvalue weighted by Crippen LogP contribution is 2.39. The summed E-state index contributed by atoms with van der Waals surface area (Å²) in [4.78, 5) is 50.2. The van der Waals surface area contributed by atoms with Crippen LogP contribution in [0.1, 0.15) is 46.9 Å². The molecule has 0 spiro atoms. The number of carbonyl (C=O) groups is 3. The van der Waals surface area contributed by atoms with Gasteiger partial charge in [0.1, 0.15) is 18.7 Å². The number of aromatic nitrogens is 2. The van der Waals surface area contributed by atoms with E-state index in [2.05, 4.69) is 20.2 Å². The average molecular weight is 517 g/mol. The molecule has 3 aliphatic rings. The highest BCUT2D eigenvalue weighted by Gasteiger charge is 2.53. The predicted molar refractivity (Wildman–Crippen MR) is 133 cm³/mol. The molecule has 0 bridgehead atoms. The lowest BCUT2D eigenvalue weighted by atomic mass is 9.78. The number of ketones is 1. The van der Waals surface area contributed by atoms with E-state index in [1.54, 1.807) is 12.3 Å². The Morgan fingerprint density at radius 3 is 2.89 bits per heavy atom. The molecule has 2 aromatic heterocycles. The fraction of sp³-hybridized carbons (Fsp3) is 0.560. The van der Waals surface area contributed by atoms with Gasteiger partial charge in [-0.2, -0.15) is 0 Å². The number of amides is 1. The maximum atomic E-state index is 13.2. The van der Waals surface area contributed by atoms with E-state index < -0.39 is 6.04 Å². The second-order valence-electron chi connectivity index (χ2n) is 9.63. The number of halogens is 1. The summed E-state index contributed by atoms with van der Waals surface area (Å²) < 4.78 is 5.65. The molecule has 4 heterocycles. The Hall–Kier alpha value is -2.20. The third kappa shape index (κ3) is 4.67. The maximum Gasteiger partial charge on any atom is 0.261 e. The third-order valence-electron chi connectivity index (χ3n) is 7.47. The fourth-order valence-corrected chi connectivity index (χ4v) is 7.18. The Kier molecular flexibility index (Phi) is 7.03. The summed E-state index contributed by atoms with van der Waals surface area (Å²) in [7, 11) is 0. The summed E-state index contributed by atoms with van der Waals surface area (Å²) in [6, 6.07) is 2.65. The van der Waals surface area contributed by atoms with Crippen molar-refractivity contribution in [2.45, 2.75) is 69.1 Å². The van der Waals surface area contributed by atoms with Gasteiger partial charge in [0.2, 0.25) is 0 Å². The molecule has 1 N–H and O–H groups in total. The number of rotatable bonds is 6. The van der Waals surface area contributed by atoms with Gasteiger partial charge in [0.15, 0.2) is 5.78 Å². The number of Topliss-reactive ketones (excluding diaryl/α,β-unsaturated/α-hetero) is 1. The number of alkyl halides is 1. The Labute approximate surface area is 213 Å². The summed E-state index contributed by atoms with van der Waals surface area (Å²) >= 11 is 7.88. The second-order valence-corrected chi connectivity index (χ2v) is 11.3. The van der Waals surface area contributed by atoms with E-state index >= 15 is 0 Å². The second kappa shape index (κ2) is 10.0.